The summed E-state index contributed by atoms with van der Waals surface area (Å²) in [7, 11) is -2.91. The number of rotatable bonds is 6. The molecule has 0 aliphatic carbocycles. The fourth-order valence-electron chi connectivity index (χ4n) is 1.45. The lowest BCUT2D eigenvalue weighted by Gasteiger charge is -2.08. The minimum atomic E-state index is -2.91. The first kappa shape index (κ1) is 16.9. The predicted octanol–water partition coefficient (Wildman–Crippen LogP) is 4.11. The van der Waals surface area contributed by atoms with Crippen molar-refractivity contribution in [3.63, 3.8) is 0 Å². The van der Waals surface area contributed by atoms with Crippen molar-refractivity contribution in [2.24, 2.45) is 4.76 Å². The van der Waals surface area contributed by atoms with Crippen molar-refractivity contribution in [1.82, 2.24) is 0 Å². The highest BCUT2D eigenvalue weighted by atomic mass is 32.2. The van der Waals surface area contributed by atoms with E-state index >= 15 is 0 Å². The molecule has 0 saturated heterocycles. The van der Waals surface area contributed by atoms with E-state index in [9.17, 15) is 14.7 Å². The van der Waals surface area contributed by atoms with Crippen LogP contribution in [0.3, 0.4) is 0 Å². The van der Waals surface area contributed by atoms with Gasteiger partial charge in [0, 0.05) is 24.6 Å². The molecule has 0 N–H and O–H groups in total. The van der Waals surface area contributed by atoms with Gasteiger partial charge in [-0.25, -0.2) is 4.76 Å². The second-order valence-corrected chi connectivity index (χ2v) is 7.28. The maximum atomic E-state index is 11.9. The summed E-state index contributed by atoms with van der Waals surface area (Å²) >= 11 is 1.42. The van der Waals surface area contributed by atoms with Gasteiger partial charge in [0.15, 0.2) is 0 Å². The van der Waals surface area contributed by atoms with E-state index in [1.54, 1.807) is 26.0 Å². The van der Waals surface area contributed by atoms with Gasteiger partial charge in [-0.3, -0.25) is 14.7 Å². The lowest BCUT2D eigenvalue weighted by Crippen LogP contribution is -1.92. The molecule has 0 aromatic heterocycles. The monoisotopic (exact) mass is 316 g/mol. The van der Waals surface area contributed by atoms with Crippen LogP contribution in [0, 0.1) is 10.1 Å². The van der Waals surface area contributed by atoms with Gasteiger partial charge < -0.3 is 4.52 Å². The summed E-state index contributed by atoms with van der Waals surface area (Å²) in [6.07, 6.45) is 0. The average molecular weight is 316 g/mol. The lowest BCUT2D eigenvalue weighted by molar-refractivity contribution is -0.384. The van der Waals surface area contributed by atoms with E-state index in [0.717, 1.165) is 5.56 Å². The summed E-state index contributed by atoms with van der Waals surface area (Å²) in [5.74, 6) is 0.611. The fraction of sp³-hybridized carbons (Fsp3) is 0.417. The van der Waals surface area contributed by atoms with Gasteiger partial charge in [-0.15, -0.1) is 11.8 Å². The van der Waals surface area contributed by atoms with Crippen LogP contribution in [-0.4, -0.2) is 23.2 Å². The third-order valence-corrected chi connectivity index (χ3v) is 4.81. The van der Waals surface area contributed by atoms with Crippen molar-refractivity contribution >= 4 is 30.0 Å². The van der Waals surface area contributed by atoms with Crippen molar-refractivity contribution in [2.75, 3.05) is 13.3 Å². The van der Waals surface area contributed by atoms with Gasteiger partial charge >= 0.3 is 7.52 Å². The largest absolute Gasteiger partial charge is 0.313 e. The lowest BCUT2D eigenvalue weighted by atomic mass is 10.2. The van der Waals surface area contributed by atoms with Crippen LogP contribution >= 0.6 is 19.3 Å². The molecule has 20 heavy (non-hydrogen) atoms. The average Bonchev–Trinajstić information content (AvgIpc) is 2.36. The van der Waals surface area contributed by atoms with Crippen molar-refractivity contribution in [3.8, 4) is 0 Å². The molecule has 1 atom stereocenters. The number of nitrogens with zero attached hydrogens (tertiary/aromatic N) is 2. The quantitative estimate of drug-likeness (QED) is 0.259. The summed E-state index contributed by atoms with van der Waals surface area (Å²) in [6.45, 7) is 5.38. The van der Waals surface area contributed by atoms with Crippen LogP contribution in [0.25, 0.3) is 0 Å². The molecule has 0 aliphatic rings. The fourth-order valence-corrected chi connectivity index (χ4v) is 3.75. The third kappa shape index (κ3) is 5.86. The molecule has 1 rings (SSSR count). The zero-order chi connectivity index (χ0) is 15.2. The van der Waals surface area contributed by atoms with E-state index in [1.165, 1.54) is 30.6 Å². The number of thioether (sulfide) groups is 1. The first-order chi connectivity index (χ1) is 9.34. The van der Waals surface area contributed by atoms with Gasteiger partial charge in [0.2, 0.25) is 0 Å². The van der Waals surface area contributed by atoms with Gasteiger partial charge in [-0.2, -0.15) is 0 Å². The van der Waals surface area contributed by atoms with E-state index < -0.39 is 12.4 Å². The number of nitro groups is 1. The molecule has 0 fully saturated rings. The van der Waals surface area contributed by atoms with Gasteiger partial charge in [0.1, 0.15) is 0 Å². The Balaban J connectivity index is 2.60. The van der Waals surface area contributed by atoms with Gasteiger partial charge in [-0.1, -0.05) is 12.1 Å². The Hall–Kier alpha value is -1.17. The minimum absolute atomic E-state index is 0.0681. The third-order valence-electron chi connectivity index (χ3n) is 2.29. The maximum Gasteiger partial charge on any atom is 0.312 e. The van der Waals surface area contributed by atoms with E-state index in [4.69, 9.17) is 4.52 Å². The molecule has 1 aromatic rings. The first-order valence-corrected chi connectivity index (χ1v) is 9.00. The summed E-state index contributed by atoms with van der Waals surface area (Å²) in [5, 5.41) is 11.2. The first-order valence-electron chi connectivity index (χ1n) is 5.99. The molecule has 0 spiro atoms. The Bertz CT molecular complexity index is 545. The minimum Gasteiger partial charge on any atom is -0.313 e. The molecular formula is C12H17N2O4PS. The number of hydrogen-bond acceptors (Lipinski definition) is 5. The summed E-state index contributed by atoms with van der Waals surface area (Å²) < 4.78 is 21.0. The molecule has 0 amide bonds. The number of nitro benzene ring substituents is 1. The SMILES string of the molecule is CCOP(C)(=O)N=C(C)SCc1ccc([N+](=O)[O-])cc1. The molecular weight excluding hydrogens is 299 g/mol. The Morgan fingerprint density at radius 1 is 1.45 bits per heavy atom. The summed E-state index contributed by atoms with van der Waals surface area (Å²) in [6, 6.07) is 6.33. The van der Waals surface area contributed by atoms with Gasteiger partial charge in [0.25, 0.3) is 5.69 Å². The van der Waals surface area contributed by atoms with Gasteiger partial charge in [-0.05, 0) is 19.4 Å². The predicted molar refractivity (Wildman–Crippen MR) is 82.7 cm³/mol. The zero-order valence-electron chi connectivity index (χ0n) is 11.6. The van der Waals surface area contributed by atoms with E-state index in [0.29, 0.717) is 17.4 Å². The molecule has 1 unspecified atom stereocenters. The van der Waals surface area contributed by atoms with Crippen molar-refractivity contribution in [2.45, 2.75) is 19.6 Å². The highest BCUT2D eigenvalue weighted by molar-refractivity contribution is 8.13. The van der Waals surface area contributed by atoms with Crippen molar-refractivity contribution < 1.29 is 14.0 Å². The van der Waals surface area contributed by atoms with Crippen LogP contribution in [0.4, 0.5) is 5.69 Å². The Labute approximate surface area is 122 Å². The van der Waals surface area contributed by atoms with E-state index in [2.05, 4.69) is 4.76 Å². The maximum absolute atomic E-state index is 11.9. The molecule has 110 valence electrons. The smallest absolute Gasteiger partial charge is 0.312 e. The van der Waals surface area contributed by atoms with Gasteiger partial charge in [0.05, 0.1) is 16.6 Å². The van der Waals surface area contributed by atoms with Crippen molar-refractivity contribution in [3.05, 3.63) is 39.9 Å². The standard InChI is InChI=1S/C12H17N2O4PS/c1-4-18-19(3,17)13-10(2)20-9-11-5-7-12(8-6-11)14(15)16/h5-8H,4,9H2,1-3H3. The molecule has 0 aliphatic heterocycles. The molecule has 1 aromatic carbocycles. The van der Waals surface area contributed by atoms with Crippen LogP contribution in [0.5, 0.6) is 0 Å². The summed E-state index contributed by atoms with van der Waals surface area (Å²) in [5.41, 5.74) is 1.01. The van der Waals surface area contributed by atoms with E-state index in [-0.39, 0.29) is 5.69 Å². The van der Waals surface area contributed by atoms with E-state index in [1.807, 2.05) is 0 Å². The molecule has 0 radical (unpaired) electrons. The zero-order valence-corrected chi connectivity index (χ0v) is 13.3. The van der Waals surface area contributed by atoms with Crippen LogP contribution < -0.4 is 0 Å². The number of hydrogen-bond donors (Lipinski definition) is 0. The highest BCUT2D eigenvalue weighted by Gasteiger charge is 2.13. The second kappa shape index (κ2) is 7.57. The second-order valence-electron chi connectivity index (χ2n) is 4.05. The van der Waals surface area contributed by atoms with Crippen LogP contribution in [0.1, 0.15) is 19.4 Å². The number of benzene rings is 1. The van der Waals surface area contributed by atoms with Crippen LogP contribution in [0.15, 0.2) is 29.0 Å². The normalized spacial score (nSPS) is 14.8. The van der Waals surface area contributed by atoms with Crippen LogP contribution in [-0.2, 0) is 14.8 Å². The topological polar surface area (TPSA) is 81.8 Å². The molecule has 8 heteroatoms. The van der Waals surface area contributed by atoms with Crippen LogP contribution in [0.2, 0.25) is 0 Å². The molecule has 0 bridgehead atoms. The Morgan fingerprint density at radius 2 is 2.05 bits per heavy atom. The molecule has 6 nitrogen and oxygen atoms in total. The Morgan fingerprint density at radius 3 is 2.55 bits per heavy atom. The molecule has 0 saturated carbocycles. The molecule has 0 heterocycles. The Kier molecular flexibility index (Phi) is 6.39. The summed E-state index contributed by atoms with van der Waals surface area (Å²) in [4.78, 5) is 10.1. The number of non-ortho nitro benzene ring substituents is 1. The highest BCUT2D eigenvalue weighted by Crippen LogP contribution is 2.45. The van der Waals surface area contributed by atoms with Crippen molar-refractivity contribution in [1.29, 1.82) is 0 Å².